The summed E-state index contributed by atoms with van der Waals surface area (Å²) in [5.74, 6) is 1.71. The van der Waals surface area contributed by atoms with E-state index >= 15 is 0 Å². The molecule has 3 aliphatic rings. The van der Waals surface area contributed by atoms with Crippen molar-refractivity contribution >= 4 is 0 Å². The minimum absolute atomic E-state index is 0.119. The molecule has 2 fully saturated rings. The lowest BCUT2D eigenvalue weighted by Gasteiger charge is -2.38. The van der Waals surface area contributed by atoms with Crippen molar-refractivity contribution in [1.82, 2.24) is 5.32 Å². The zero-order valence-electron chi connectivity index (χ0n) is 12.4. The van der Waals surface area contributed by atoms with Gasteiger partial charge in [0.25, 0.3) is 0 Å². The molecule has 1 aliphatic carbocycles. The maximum absolute atomic E-state index is 6.17. The number of morpholine rings is 1. The molecule has 2 aliphatic heterocycles. The molecule has 2 heterocycles. The minimum atomic E-state index is 0.119. The van der Waals surface area contributed by atoms with Gasteiger partial charge in [0.15, 0.2) is 11.5 Å². The Labute approximate surface area is 125 Å². The summed E-state index contributed by atoms with van der Waals surface area (Å²) in [6, 6.07) is 6.20. The van der Waals surface area contributed by atoms with Crippen LogP contribution in [0.25, 0.3) is 0 Å². The van der Waals surface area contributed by atoms with Gasteiger partial charge in [0, 0.05) is 18.5 Å². The minimum Gasteiger partial charge on any atom is -0.490 e. The molecule has 1 aromatic carbocycles. The third-order valence-electron chi connectivity index (χ3n) is 4.93. The third-order valence-corrected chi connectivity index (χ3v) is 4.93. The fraction of sp³-hybridized carbons (Fsp3) is 0.647. The fourth-order valence-corrected chi connectivity index (χ4v) is 3.65. The van der Waals surface area contributed by atoms with Crippen LogP contribution >= 0.6 is 0 Å². The van der Waals surface area contributed by atoms with E-state index < -0.39 is 0 Å². The quantitative estimate of drug-likeness (QED) is 0.863. The molecule has 4 nitrogen and oxygen atoms in total. The van der Waals surface area contributed by atoms with Gasteiger partial charge in [0.1, 0.15) is 0 Å². The van der Waals surface area contributed by atoms with Crippen LogP contribution in [0, 0.1) is 0 Å². The summed E-state index contributed by atoms with van der Waals surface area (Å²) in [7, 11) is 0. The number of hydrogen-bond donors (Lipinski definition) is 1. The summed E-state index contributed by atoms with van der Waals surface area (Å²) >= 11 is 0. The first-order valence-electron chi connectivity index (χ1n) is 8.11. The Bertz CT molecular complexity index is 501. The van der Waals surface area contributed by atoms with Gasteiger partial charge in [0.05, 0.1) is 25.9 Å². The summed E-state index contributed by atoms with van der Waals surface area (Å²) < 4.78 is 17.6. The van der Waals surface area contributed by atoms with Gasteiger partial charge in [-0.3, -0.25) is 0 Å². The highest BCUT2D eigenvalue weighted by molar-refractivity contribution is 5.44. The average molecular weight is 289 g/mol. The van der Waals surface area contributed by atoms with Crippen molar-refractivity contribution in [2.45, 2.75) is 43.7 Å². The van der Waals surface area contributed by atoms with Crippen molar-refractivity contribution in [2.24, 2.45) is 0 Å². The first-order chi connectivity index (χ1) is 10.3. The van der Waals surface area contributed by atoms with E-state index in [1.807, 2.05) is 6.07 Å². The zero-order chi connectivity index (χ0) is 14.1. The second kappa shape index (κ2) is 5.50. The number of hydrogen-bond acceptors (Lipinski definition) is 4. The van der Waals surface area contributed by atoms with E-state index in [0.717, 1.165) is 44.3 Å². The van der Waals surface area contributed by atoms with Crippen LogP contribution in [0.4, 0.5) is 0 Å². The first-order valence-corrected chi connectivity index (χ1v) is 8.11. The van der Waals surface area contributed by atoms with Crippen LogP contribution in [-0.4, -0.2) is 31.9 Å². The molecular formula is C17H23NO3. The lowest BCUT2D eigenvalue weighted by molar-refractivity contribution is -0.0327. The standard InChI is InChI=1S/C17H23NO3/c1-2-7-17(6-1)12-21-16(11-18-17)13-4-5-14-15(10-13)20-9-3-8-19-14/h4-5,10,16,18H,1-3,6-9,11-12H2. The lowest BCUT2D eigenvalue weighted by Crippen LogP contribution is -2.53. The van der Waals surface area contributed by atoms with Crippen molar-refractivity contribution < 1.29 is 14.2 Å². The molecule has 1 atom stereocenters. The van der Waals surface area contributed by atoms with Gasteiger partial charge in [-0.1, -0.05) is 18.9 Å². The molecule has 4 rings (SSSR count). The molecule has 1 saturated carbocycles. The number of ether oxygens (including phenoxy) is 3. The smallest absolute Gasteiger partial charge is 0.161 e. The van der Waals surface area contributed by atoms with E-state index in [1.54, 1.807) is 0 Å². The van der Waals surface area contributed by atoms with Gasteiger partial charge in [-0.25, -0.2) is 0 Å². The van der Waals surface area contributed by atoms with Crippen LogP contribution in [0.2, 0.25) is 0 Å². The molecule has 1 N–H and O–H groups in total. The van der Waals surface area contributed by atoms with Crippen molar-refractivity contribution in [2.75, 3.05) is 26.4 Å². The molecule has 0 radical (unpaired) electrons. The normalized spacial score (nSPS) is 27.5. The third kappa shape index (κ3) is 2.62. The van der Waals surface area contributed by atoms with Crippen LogP contribution < -0.4 is 14.8 Å². The van der Waals surface area contributed by atoms with E-state index in [0.29, 0.717) is 0 Å². The van der Waals surface area contributed by atoms with Gasteiger partial charge in [0.2, 0.25) is 0 Å². The maximum Gasteiger partial charge on any atom is 0.161 e. The molecular weight excluding hydrogens is 266 g/mol. The highest BCUT2D eigenvalue weighted by atomic mass is 16.5. The molecule has 1 saturated heterocycles. The second-order valence-corrected chi connectivity index (χ2v) is 6.42. The molecule has 4 heteroatoms. The van der Waals surface area contributed by atoms with Crippen LogP contribution in [0.3, 0.4) is 0 Å². The summed E-state index contributed by atoms with van der Waals surface area (Å²) in [4.78, 5) is 0. The van der Waals surface area contributed by atoms with Gasteiger partial charge in [-0.05, 0) is 30.5 Å². The predicted octanol–water partition coefficient (Wildman–Crippen LogP) is 2.82. The maximum atomic E-state index is 6.17. The van der Waals surface area contributed by atoms with Crippen LogP contribution in [-0.2, 0) is 4.74 Å². The topological polar surface area (TPSA) is 39.7 Å². The Morgan fingerprint density at radius 3 is 2.57 bits per heavy atom. The van der Waals surface area contributed by atoms with Crippen LogP contribution in [0.5, 0.6) is 11.5 Å². The van der Waals surface area contributed by atoms with Gasteiger partial charge in [-0.2, -0.15) is 0 Å². The molecule has 114 valence electrons. The molecule has 1 aromatic rings. The Kier molecular flexibility index (Phi) is 3.51. The number of nitrogens with one attached hydrogen (secondary N) is 1. The van der Waals surface area contributed by atoms with Gasteiger partial charge >= 0.3 is 0 Å². The Morgan fingerprint density at radius 1 is 1.00 bits per heavy atom. The van der Waals surface area contributed by atoms with Crippen molar-refractivity contribution in [1.29, 1.82) is 0 Å². The Balaban J connectivity index is 1.48. The molecule has 1 unspecified atom stereocenters. The highest BCUT2D eigenvalue weighted by Crippen LogP contribution is 2.37. The van der Waals surface area contributed by atoms with E-state index in [1.165, 1.54) is 31.2 Å². The molecule has 0 bridgehead atoms. The highest BCUT2D eigenvalue weighted by Gasteiger charge is 2.38. The molecule has 21 heavy (non-hydrogen) atoms. The number of rotatable bonds is 1. The molecule has 0 aromatic heterocycles. The Morgan fingerprint density at radius 2 is 1.81 bits per heavy atom. The summed E-state index contributed by atoms with van der Waals surface area (Å²) in [5, 5.41) is 3.74. The summed E-state index contributed by atoms with van der Waals surface area (Å²) in [6.07, 6.45) is 6.21. The van der Waals surface area contributed by atoms with Crippen LogP contribution in [0.1, 0.15) is 43.8 Å². The molecule has 0 amide bonds. The number of fused-ring (bicyclic) bond motifs is 1. The van der Waals surface area contributed by atoms with E-state index in [9.17, 15) is 0 Å². The summed E-state index contributed by atoms with van der Waals surface area (Å²) in [6.45, 7) is 3.17. The van der Waals surface area contributed by atoms with Crippen molar-refractivity contribution in [3.8, 4) is 11.5 Å². The first kappa shape index (κ1) is 13.4. The largest absolute Gasteiger partial charge is 0.490 e. The second-order valence-electron chi connectivity index (χ2n) is 6.42. The average Bonchev–Trinajstić information content (AvgIpc) is 2.84. The van der Waals surface area contributed by atoms with E-state index in [4.69, 9.17) is 14.2 Å². The number of benzene rings is 1. The van der Waals surface area contributed by atoms with Crippen molar-refractivity contribution in [3.63, 3.8) is 0 Å². The SMILES string of the molecule is c1cc2c(cc1C1CNC3(CCCC3)CO1)OCCCO2. The Hall–Kier alpha value is -1.26. The van der Waals surface area contributed by atoms with Gasteiger partial charge in [-0.15, -0.1) is 0 Å². The van der Waals surface area contributed by atoms with Crippen LogP contribution in [0.15, 0.2) is 18.2 Å². The van der Waals surface area contributed by atoms with Gasteiger partial charge < -0.3 is 19.5 Å². The fourth-order valence-electron chi connectivity index (χ4n) is 3.65. The zero-order valence-corrected chi connectivity index (χ0v) is 12.4. The van der Waals surface area contributed by atoms with Crippen molar-refractivity contribution in [3.05, 3.63) is 23.8 Å². The monoisotopic (exact) mass is 289 g/mol. The molecule has 1 spiro atoms. The van der Waals surface area contributed by atoms with E-state index in [-0.39, 0.29) is 11.6 Å². The summed E-state index contributed by atoms with van der Waals surface area (Å²) in [5.41, 5.74) is 1.43. The lowest BCUT2D eigenvalue weighted by atomic mass is 9.95. The van der Waals surface area contributed by atoms with E-state index in [2.05, 4.69) is 17.4 Å². The predicted molar refractivity (Wildman–Crippen MR) is 79.9 cm³/mol.